The number of hydrogen-bond donors (Lipinski definition) is 0. The second-order valence-electron chi connectivity index (χ2n) is 15.4. The highest BCUT2D eigenvalue weighted by Gasteiger charge is 2.36. The number of rotatable bonds is 5. The van der Waals surface area contributed by atoms with Crippen molar-refractivity contribution < 1.29 is 0 Å². The molecule has 0 unspecified atom stereocenters. The Morgan fingerprint density at radius 1 is 0.393 bits per heavy atom. The Labute approximate surface area is 330 Å². The molecule has 0 saturated carbocycles. The lowest BCUT2D eigenvalue weighted by Crippen LogP contribution is -2.14. The Bertz CT molecular complexity index is 3160. The minimum Gasteiger partial charge on any atom is -0.228 e. The minimum absolute atomic E-state index is 0.110. The van der Waals surface area contributed by atoms with Crippen molar-refractivity contribution in [2.45, 2.75) is 19.3 Å². The lowest BCUT2D eigenvalue weighted by atomic mass is 9.82. The first-order valence-corrected chi connectivity index (χ1v) is 20.0. The molecular weight excluding hydrogens is 697 g/mol. The highest BCUT2D eigenvalue weighted by atomic mass is 32.1. The average Bonchev–Trinajstić information content (AvgIpc) is 3.73. The van der Waals surface area contributed by atoms with Crippen LogP contribution >= 0.6 is 11.3 Å². The van der Waals surface area contributed by atoms with Crippen LogP contribution in [-0.2, 0) is 5.41 Å². The number of nitrogens with zero attached hydrogens (tertiary/aromatic N) is 2. The molecule has 0 atom stereocenters. The SMILES string of the molecule is CC1(C)c2ccccc2-c2c(-c3cc(-c4cc(-c5ccccc5)cc(-c5ccc6sc7cc8ccccc8cc7c6c5)c4)nc(-c4ccccc4)n3)cccc21. The summed E-state index contributed by atoms with van der Waals surface area (Å²) < 4.78 is 2.61. The molecule has 1 aliphatic carbocycles. The molecule has 2 nitrogen and oxygen atoms in total. The predicted octanol–water partition coefficient (Wildman–Crippen LogP) is 14.6. The number of thiophene rings is 1. The third-order valence-electron chi connectivity index (χ3n) is 11.6. The van der Waals surface area contributed by atoms with E-state index in [0.717, 1.165) is 39.2 Å². The largest absolute Gasteiger partial charge is 0.228 e. The summed E-state index contributed by atoms with van der Waals surface area (Å²) in [5, 5.41) is 5.14. The third-order valence-corrected chi connectivity index (χ3v) is 12.8. The molecule has 0 spiro atoms. The van der Waals surface area contributed by atoms with Gasteiger partial charge in [0.1, 0.15) is 0 Å². The van der Waals surface area contributed by atoms with Crippen molar-refractivity contribution in [1.29, 1.82) is 0 Å². The monoisotopic (exact) mass is 732 g/mol. The van der Waals surface area contributed by atoms with Crippen LogP contribution < -0.4 is 0 Å². The Morgan fingerprint density at radius 3 is 1.80 bits per heavy atom. The van der Waals surface area contributed by atoms with E-state index in [-0.39, 0.29) is 5.41 Å². The Balaban J connectivity index is 1.14. The van der Waals surface area contributed by atoms with Crippen LogP contribution in [0.1, 0.15) is 25.0 Å². The highest BCUT2D eigenvalue weighted by molar-refractivity contribution is 7.25. The van der Waals surface area contributed by atoms with Gasteiger partial charge in [0, 0.05) is 42.3 Å². The van der Waals surface area contributed by atoms with E-state index in [4.69, 9.17) is 9.97 Å². The summed E-state index contributed by atoms with van der Waals surface area (Å²) in [6, 6.07) is 66.0. The van der Waals surface area contributed by atoms with E-state index < -0.39 is 0 Å². The average molecular weight is 733 g/mol. The van der Waals surface area contributed by atoms with Crippen LogP contribution in [0.2, 0.25) is 0 Å². The van der Waals surface area contributed by atoms with E-state index in [9.17, 15) is 0 Å². The number of aromatic nitrogens is 2. The van der Waals surface area contributed by atoms with Gasteiger partial charge in [0.25, 0.3) is 0 Å². The van der Waals surface area contributed by atoms with Crippen LogP contribution in [0.25, 0.3) is 98.2 Å². The first-order chi connectivity index (χ1) is 27.5. The third kappa shape index (κ3) is 5.31. The van der Waals surface area contributed by atoms with Crippen molar-refractivity contribution in [3.63, 3.8) is 0 Å². The fraction of sp³-hybridized carbons (Fsp3) is 0.0566. The summed E-state index contributed by atoms with van der Waals surface area (Å²) in [6.07, 6.45) is 0. The van der Waals surface area contributed by atoms with Crippen LogP contribution in [0.4, 0.5) is 0 Å². The van der Waals surface area contributed by atoms with Gasteiger partial charge >= 0.3 is 0 Å². The molecule has 0 N–H and O–H groups in total. The van der Waals surface area contributed by atoms with E-state index in [0.29, 0.717) is 5.82 Å². The topological polar surface area (TPSA) is 25.8 Å². The molecule has 0 amide bonds. The maximum Gasteiger partial charge on any atom is 0.160 e. The molecule has 3 heteroatoms. The normalized spacial score (nSPS) is 13.0. The van der Waals surface area contributed by atoms with Crippen LogP contribution in [0.5, 0.6) is 0 Å². The van der Waals surface area contributed by atoms with Crippen molar-refractivity contribution in [3.8, 4) is 67.3 Å². The van der Waals surface area contributed by atoms with Crippen molar-refractivity contribution in [3.05, 3.63) is 193 Å². The van der Waals surface area contributed by atoms with Gasteiger partial charge in [-0.05, 0) is 104 Å². The van der Waals surface area contributed by atoms with E-state index in [2.05, 4.69) is 190 Å². The van der Waals surface area contributed by atoms with E-state index >= 15 is 0 Å². The molecule has 0 bridgehead atoms. The van der Waals surface area contributed by atoms with Gasteiger partial charge in [-0.25, -0.2) is 9.97 Å². The smallest absolute Gasteiger partial charge is 0.160 e. The zero-order valence-electron chi connectivity index (χ0n) is 31.1. The van der Waals surface area contributed by atoms with Crippen LogP contribution in [-0.4, -0.2) is 9.97 Å². The Kier molecular flexibility index (Phi) is 7.42. The number of fused-ring (bicyclic) bond motifs is 7. The molecule has 0 aliphatic heterocycles. The Morgan fingerprint density at radius 2 is 1.00 bits per heavy atom. The first kappa shape index (κ1) is 32.7. The molecule has 8 aromatic carbocycles. The van der Waals surface area contributed by atoms with Gasteiger partial charge in [-0.2, -0.15) is 0 Å². The molecule has 2 heterocycles. The molecule has 56 heavy (non-hydrogen) atoms. The second-order valence-corrected chi connectivity index (χ2v) is 16.5. The number of hydrogen-bond acceptors (Lipinski definition) is 3. The summed E-state index contributed by atoms with van der Waals surface area (Å²) >= 11 is 1.87. The summed E-state index contributed by atoms with van der Waals surface area (Å²) in [7, 11) is 0. The molecule has 2 aromatic heterocycles. The van der Waals surface area contributed by atoms with Gasteiger partial charge in [-0.3, -0.25) is 0 Å². The maximum absolute atomic E-state index is 5.34. The van der Waals surface area contributed by atoms with Crippen molar-refractivity contribution in [2.75, 3.05) is 0 Å². The second kappa shape index (κ2) is 12.7. The molecule has 0 radical (unpaired) electrons. The van der Waals surface area contributed by atoms with Gasteiger partial charge in [-0.15, -0.1) is 11.3 Å². The van der Waals surface area contributed by atoms with Gasteiger partial charge in [0.2, 0.25) is 0 Å². The summed E-state index contributed by atoms with van der Waals surface area (Å²) in [5.41, 5.74) is 14.8. The van der Waals surface area contributed by atoms with Crippen molar-refractivity contribution >= 4 is 42.3 Å². The fourth-order valence-electron chi connectivity index (χ4n) is 8.80. The predicted molar refractivity (Wildman–Crippen MR) is 237 cm³/mol. The zero-order chi connectivity index (χ0) is 37.4. The molecular formula is C53H36N2S. The summed E-state index contributed by atoms with van der Waals surface area (Å²) in [5.74, 6) is 0.714. The van der Waals surface area contributed by atoms with E-state index in [1.165, 1.54) is 64.3 Å². The van der Waals surface area contributed by atoms with Crippen LogP contribution in [0.15, 0.2) is 182 Å². The minimum atomic E-state index is -0.110. The standard InChI is InChI=1S/C53H36N2S/c1-53(2)45-22-12-11-20-41(45)51-42(21-13-23-46(51)53)48-32-47(54-52(55-48)34-16-7-4-8-17-34)40-27-38(33-14-5-3-6-15-33)26-39(28-40)37-24-25-49-43(30-37)44-29-35-18-9-10-19-36(35)31-50(44)56-49/h3-32H,1-2H3. The van der Waals surface area contributed by atoms with Gasteiger partial charge in [-0.1, -0.05) is 147 Å². The van der Waals surface area contributed by atoms with Crippen molar-refractivity contribution in [1.82, 2.24) is 9.97 Å². The quantitative estimate of drug-likeness (QED) is 0.176. The van der Waals surface area contributed by atoms with Crippen molar-refractivity contribution in [2.24, 2.45) is 0 Å². The van der Waals surface area contributed by atoms with Crippen LogP contribution in [0.3, 0.4) is 0 Å². The molecule has 0 fully saturated rings. The lowest BCUT2D eigenvalue weighted by Gasteiger charge is -2.21. The first-order valence-electron chi connectivity index (χ1n) is 19.2. The number of benzene rings is 8. The summed E-state index contributed by atoms with van der Waals surface area (Å²) in [6.45, 7) is 4.66. The summed E-state index contributed by atoms with van der Waals surface area (Å²) in [4.78, 5) is 10.7. The van der Waals surface area contributed by atoms with Gasteiger partial charge in [0.15, 0.2) is 5.82 Å². The fourth-order valence-corrected chi connectivity index (χ4v) is 9.92. The molecule has 1 aliphatic rings. The Hall–Kier alpha value is -6.68. The molecule has 11 rings (SSSR count). The van der Waals surface area contributed by atoms with Gasteiger partial charge < -0.3 is 0 Å². The van der Waals surface area contributed by atoms with E-state index in [1.807, 2.05) is 17.4 Å². The zero-order valence-corrected chi connectivity index (χ0v) is 31.9. The maximum atomic E-state index is 5.34. The molecule has 0 saturated heterocycles. The highest BCUT2D eigenvalue weighted by Crippen LogP contribution is 2.52. The lowest BCUT2D eigenvalue weighted by molar-refractivity contribution is 0.660. The molecule has 264 valence electrons. The van der Waals surface area contributed by atoms with Gasteiger partial charge in [0.05, 0.1) is 11.4 Å². The van der Waals surface area contributed by atoms with E-state index in [1.54, 1.807) is 0 Å². The van der Waals surface area contributed by atoms with Crippen LogP contribution in [0, 0.1) is 0 Å². The molecule has 10 aromatic rings.